The van der Waals surface area contributed by atoms with Crippen molar-refractivity contribution >= 4 is 42.0 Å². The lowest BCUT2D eigenvalue weighted by molar-refractivity contribution is -0.0867. The molecule has 1 saturated heterocycles. The highest BCUT2D eigenvalue weighted by Gasteiger charge is 2.48. The molecule has 1 aliphatic carbocycles. The lowest BCUT2D eigenvalue weighted by atomic mass is 9.76. The first-order valence-electron chi connectivity index (χ1n) is 14.6. The van der Waals surface area contributed by atoms with Crippen LogP contribution in [0.2, 0.25) is 13.1 Å². The van der Waals surface area contributed by atoms with Crippen molar-refractivity contribution in [1.82, 2.24) is 0 Å². The van der Waals surface area contributed by atoms with Crippen LogP contribution in [0.15, 0.2) is 41.9 Å². The lowest BCUT2D eigenvalue weighted by Crippen LogP contribution is -2.61. The van der Waals surface area contributed by atoms with Crippen LogP contribution in [-0.4, -0.2) is 51.4 Å². The van der Waals surface area contributed by atoms with Crippen molar-refractivity contribution in [3.8, 4) is 0 Å². The number of anilines is 1. The van der Waals surface area contributed by atoms with Crippen molar-refractivity contribution in [3.63, 3.8) is 0 Å². The summed E-state index contributed by atoms with van der Waals surface area (Å²) in [7, 11) is -2.50. The number of amides is 1. The van der Waals surface area contributed by atoms with E-state index in [1.54, 1.807) is 11.0 Å². The Labute approximate surface area is 240 Å². The van der Waals surface area contributed by atoms with E-state index >= 15 is 0 Å². The molecule has 1 saturated carbocycles. The van der Waals surface area contributed by atoms with Crippen molar-refractivity contribution < 1.29 is 27.1 Å². The summed E-state index contributed by atoms with van der Waals surface area (Å²) in [6, 6.07) is 9.55. The molecule has 1 amide bonds. The standard InChI is InChI=1S/C32H38F4N2O2Si/c1-5-7-8-9-10-13-40-30(39)37-29-25-12-11-22(23-17-31(33,34)18-23)15-26(25)41(3,4)27-16-24(14-21(6-2)28(27)29)38-19-32(35,36)20-38/h6,11-12,14-16,23H,2,5,7-10,13,17-20H2,1,3-4H3/b37-29+. The van der Waals surface area contributed by atoms with Crippen LogP contribution in [0.5, 0.6) is 0 Å². The van der Waals surface area contributed by atoms with Gasteiger partial charge in [0.25, 0.3) is 5.92 Å². The molecule has 2 aromatic rings. The number of carbonyl (C=O) groups is 1. The van der Waals surface area contributed by atoms with Crippen LogP contribution in [-0.2, 0) is 4.74 Å². The zero-order chi connectivity index (χ0) is 29.6. The largest absolute Gasteiger partial charge is 0.448 e. The number of unbranched alkanes of at least 4 members (excludes halogenated alkanes) is 4. The Morgan fingerprint density at radius 1 is 1.05 bits per heavy atom. The highest BCUT2D eigenvalue weighted by atomic mass is 28.3. The smallest absolute Gasteiger partial charge is 0.434 e. The van der Waals surface area contributed by atoms with Crippen LogP contribution in [0.1, 0.15) is 80.0 Å². The number of halogens is 4. The van der Waals surface area contributed by atoms with Crippen molar-refractivity contribution in [3.05, 3.63) is 59.2 Å². The van der Waals surface area contributed by atoms with Crippen LogP contribution in [0.25, 0.3) is 6.08 Å². The number of hydrogen-bond donors (Lipinski definition) is 0. The molecule has 2 aliphatic heterocycles. The second-order valence-corrected chi connectivity index (χ2v) is 16.6. The van der Waals surface area contributed by atoms with Crippen LogP contribution >= 0.6 is 0 Å². The number of hydrogen-bond acceptors (Lipinski definition) is 3. The van der Waals surface area contributed by atoms with Gasteiger partial charge < -0.3 is 9.64 Å². The molecular weight excluding hydrogens is 548 g/mol. The van der Waals surface area contributed by atoms with Gasteiger partial charge in [-0.25, -0.2) is 22.4 Å². The number of alkyl halides is 4. The van der Waals surface area contributed by atoms with Gasteiger partial charge in [0.1, 0.15) is 8.07 Å². The normalized spacial score (nSPS) is 21.0. The van der Waals surface area contributed by atoms with Gasteiger partial charge in [-0.1, -0.05) is 76.6 Å². The molecule has 2 aromatic carbocycles. The van der Waals surface area contributed by atoms with Gasteiger partial charge in [-0.2, -0.15) is 4.99 Å². The summed E-state index contributed by atoms with van der Waals surface area (Å²) in [4.78, 5) is 19.1. The van der Waals surface area contributed by atoms with E-state index in [-0.39, 0.29) is 38.5 Å². The van der Waals surface area contributed by atoms with Crippen molar-refractivity contribution in [2.45, 2.75) is 82.7 Å². The van der Waals surface area contributed by atoms with E-state index in [0.29, 0.717) is 17.0 Å². The number of rotatable bonds is 9. The summed E-state index contributed by atoms with van der Waals surface area (Å²) in [5, 5.41) is 1.94. The van der Waals surface area contributed by atoms with E-state index in [1.807, 2.05) is 30.3 Å². The van der Waals surface area contributed by atoms with E-state index in [1.165, 1.54) is 0 Å². The zero-order valence-corrected chi connectivity index (χ0v) is 25.0. The van der Waals surface area contributed by atoms with Gasteiger partial charge in [0.2, 0.25) is 5.92 Å². The molecule has 0 spiro atoms. The highest BCUT2D eigenvalue weighted by molar-refractivity contribution is 7.02. The van der Waals surface area contributed by atoms with Crippen molar-refractivity contribution in [1.29, 1.82) is 0 Å². The monoisotopic (exact) mass is 586 g/mol. The number of carbonyl (C=O) groups excluding carboxylic acids is 1. The van der Waals surface area contributed by atoms with Gasteiger partial charge in [0.15, 0.2) is 0 Å². The van der Waals surface area contributed by atoms with Gasteiger partial charge in [-0.3, -0.25) is 0 Å². The van der Waals surface area contributed by atoms with Crippen LogP contribution in [0.4, 0.5) is 28.0 Å². The second-order valence-electron chi connectivity index (χ2n) is 12.3. The first kappa shape index (κ1) is 29.5. The molecule has 2 heterocycles. The Hall–Kier alpha value is -2.94. The number of aliphatic imine (C=N–C) groups is 1. The maximum Gasteiger partial charge on any atom is 0.434 e. The van der Waals surface area contributed by atoms with Gasteiger partial charge in [0.05, 0.1) is 25.4 Å². The summed E-state index contributed by atoms with van der Waals surface area (Å²) in [6.45, 7) is 10.0. The summed E-state index contributed by atoms with van der Waals surface area (Å²) in [5.41, 5.74) is 4.26. The van der Waals surface area contributed by atoms with Gasteiger partial charge >= 0.3 is 6.09 Å². The predicted octanol–water partition coefficient (Wildman–Crippen LogP) is 7.38. The average Bonchev–Trinajstić information content (AvgIpc) is 2.89. The van der Waals surface area contributed by atoms with Crippen LogP contribution < -0.4 is 15.3 Å². The van der Waals surface area contributed by atoms with E-state index in [2.05, 4.69) is 31.6 Å². The molecule has 4 nitrogen and oxygen atoms in total. The third-order valence-corrected chi connectivity index (χ3v) is 12.2. The van der Waals surface area contributed by atoms with Crippen molar-refractivity contribution in [2.24, 2.45) is 4.99 Å². The third-order valence-electron chi connectivity index (χ3n) is 8.70. The molecule has 0 N–H and O–H groups in total. The Balaban J connectivity index is 1.55. The molecule has 41 heavy (non-hydrogen) atoms. The highest BCUT2D eigenvalue weighted by Crippen LogP contribution is 2.48. The topological polar surface area (TPSA) is 41.9 Å². The summed E-state index contributed by atoms with van der Waals surface area (Å²) >= 11 is 0. The molecule has 9 heteroatoms. The van der Waals surface area contributed by atoms with Gasteiger partial charge in [-0.05, 0) is 46.0 Å². The van der Waals surface area contributed by atoms with Gasteiger partial charge in [-0.15, -0.1) is 0 Å². The molecular formula is C32H38F4N2O2Si. The second kappa shape index (κ2) is 11.0. The minimum absolute atomic E-state index is 0.177. The molecule has 0 atom stereocenters. The third kappa shape index (κ3) is 5.87. The number of ether oxygens (including phenoxy) is 1. The number of fused-ring (bicyclic) bond motifs is 2. The fourth-order valence-corrected chi connectivity index (χ4v) is 9.35. The Kier molecular flexibility index (Phi) is 7.96. The first-order valence-corrected chi connectivity index (χ1v) is 17.6. The van der Waals surface area contributed by atoms with E-state index in [0.717, 1.165) is 59.2 Å². The molecule has 0 radical (unpaired) electrons. The number of benzene rings is 2. The molecule has 0 bridgehead atoms. The van der Waals surface area contributed by atoms with E-state index in [9.17, 15) is 22.4 Å². The Bertz CT molecular complexity index is 1370. The summed E-state index contributed by atoms with van der Waals surface area (Å²) in [5.74, 6) is -5.59. The number of nitrogens with zero attached hydrogens (tertiary/aromatic N) is 2. The Morgan fingerprint density at radius 3 is 2.39 bits per heavy atom. The molecule has 0 aromatic heterocycles. The van der Waals surface area contributed by atoms with Gasteiger partial charge in [0, 0.05) is 29.7 Å². The predicted molar refractivity (Wildman–Crippen MR) is 160 cm³/mol. The van der Waals surface area contributed by atoms with E-state index in [4.69, 9.17) is 4.74 Å². The first-order chi connectivity index (χ1) is 19.3. The quantitative estimate of drug-likeness (QED) is 0.175. The maximum atomic E-state index is 13.8. The molecule has 3 aliphatic rings. The average molecular weight is 587 g/mol. The molecule has 2 fully saturated rings. The molecule has 0 unspecified atom stereocenters. The zero-order valence-electron chi connectivity index (χ0n) is 24.0. The van der Waals surface area contributed by atoms with Crippen LogP contribution in [0, 0.1) is 0 Å². The SMILES string of the molecule is C=Cc1cc(N2CC(F)(F)C2)cc2c1/C(=N/C(=O)OCCCCCCC)c1ccc(C3CC(F)(F)C3)cc1[Si]2(C)C. The minimum atomic E-state index is -2.73. The molecule has 5 rings (SSSR count). The van der Waals surface area contributed by atoms with Crippen molar-refractivity contribution in [2.75, 3.05) is 24.6 Å². The fraction of sp³-hybridized carbons (Fsp3) is 0.500. The summed E-state index contributed by atoms with van der Waals surface area (Å²) in [6.07, 6.45) is 5.74. The van der Waals surface area contributed by atoms with E-state index < -0.39 is 26.0 Å². The van der Waals surface area contributed by atoms with Crippen LogP contribution in [0.3, 0.4) is 0 Å². The summed E-state index contributed by atoms with van der Waals surface area (Å²) < 4.78 is 60.5. The minimum Gasteiger partial charge on any atom is -0.448 e. The fourth-order valence-electron chi connectivity index (χ4n) is 6.27. The maximum absolute atomic E-state index is 13.8. The molecule has 220 valence electrons. The Morgan fingerprint density at radius 2 is 1.76 bits per heavy atom. The lowest BCUT2D eigenvalue weighted by Gasteiger charge is -2.42.